The lowest BCUT2D eigenvalue weighted by molar-refractivity contribution is 0.574. The predicted octanol–water partition coefficient (Wildman–Crippen LogP) is 2.04. The van der Waals surface area contributed by atoms with Gasteiger partial charge in [0.05, 0.1) is 0 Å². The maximum absolute atomic E-state index is 5.95. The second-order valence-corrected chi connectivity index (χ2v) is 4.97. The van der Waals surface area contributed by atoms with Crippen molar-refractivity contribution in [2.75, 3.05) is 18.0 Å². The van der Waals surface area contributed by atoms with Gasteiger partial charge in [0.15, 0.2) is 0 Å². The number of fused-ring (bicyclic) bond motifs is 1. The molecule has 1 fully saturated rings. The number of nitrogens with two attached hydrogens (primary N) is 1. The van der Waals surface area contributed by atoms with Gasteiger partial charge < -0.3 is 10.6 Å². The van der Waals surface area contributed by atoms with Crippen molar-refractivity contribution in [1.82, 2.24) is 9.38 Å². The van der Waals surface area contributed by atoms with Crippen molar-refractivity contribution in [3.63, 3.8) is 0 Å². The van der Waals surface area contributed by atoms with E-state index >= 15 is 0 Å². The molecule has 2 N–H and O–H groups in total. The van der Waals surface area contributed by atoms with Gasteiger partial charge in [-0.1, -0.05) is 18.9 Å². The zero-order valence-electron chi connectivity index (χ0n) is 10.6. The van der Waals surface area contributed by atoms with Gasteiger partial charge in [-0.05, 0) is 25.0 Å². The lowest BCUT2D eigenvalue weighted by atomic mass is 10.1. The Morgan fingerprint density at radius 1 is 1.28 bits per heavy atom. The number of pyridine rings is 1. The van der Waals surface area contributed by atoms with E-state index in [4.69, 9.17) is 5.73 Å². The normalized spacial score (nSPS) is 21.2. The molecular formula is C14H20N4. The molecule has 2 aromatic heterocycles. The first-order valence-corrected chi connectivity index (χ1v) is 6.79. The summed E-state index contributed by atoms with van der Waals surface area (Å²) in [6.45, 7) is 1.82. The average Bonchev–Trinajstić information content (AvgIpc) is 2.76. The van der Waals surface area contributed by atoms with Crippen LogP contribution >= 0.6 is 0 Å². The molecule has 0 aromatic carbocycles. The first kappa shape index (κ1) is 11.5. The molecule has 2 aromatic rings. The van der Waals surface area contributed by atoms with E-state index in [1.807, 2.05) is 18.5 Å². The third-order valence-corrected chi connectivity index (χ3v) is 3.85. The molecule has 0 aliphatic carbocycles. The molecule has 0 bridgehead atoms. The molecule has 4 nitrogen and oxygen atoms in total. The SMILES string of the molecule is NCC1CCCCCN1c1cccc2nccn12. The number of rotatable bonds is 2. The quantitative estimate of drug-likeness (QED) is 0.879. The number of nitrogens with zero attached hydrogens (tertiary/aromatic N) is 3. The van der Waals surface area contributed by atoms with Crippen molar-refractivity contribution in [2.24, 2.45) is 5.73 Å². The molecule has 1 aliphatic heterocycles. The van der Waals surface area contributed by atoms with Gasteiger partial charge in [-0.3, -0.25) is 4.40 Å². The Labute approximate surface area is 107 Å². The van der Waals surface area contributed by atoms with E-state index in [0.29, 0.717) is 6.04 Å². The summed E-state index contributed by atoms with van der Waals surface area (Å²) in [5, 5.41) is 0. The van der Waals surface area contributed by atoms with Crippen LogP contribution in [-0.4, -0.2) is 28.5 Å². The highest BCUT2D eigenvalue weighted by Crippen LogP contribution is 2.24. The summed E-state index contributed by atoms with van der Waals surface area (Å²) in [5.74, 6) is 1.22. The summed E-state index contributed by atoms with van der Waals surface area (Å²) >= 11 is 0. The van der Waals surface area contributed by atoms with Crippen LogP contribution in [0.4, 0.5) is 5.82 Å². The van der Waals surface area contributed by atoms with Gasteiger partial charge in [0.2, 0.25) is 0 Å². The van der Waals surface area contributed by atoms with Crippen molar-refractivity contribution in [3.8, 4) is 0 Å². The summed E-state index contributed by atoms with van der Waals surface area (Å²) in [5.41, 5.74) is 6.96. The molecule has 96 valence electrons. The topological polar surface area (TPSA) is 46.6 Å². The summed E-state index contributed by atoms with van der Waals surface area (Å²) in [4.78, 5) is 6.81. The molecule has 0 spiro atoms. The Bertz CT molecular complexity index is 519. The predicted molar refractivity (Wildman–Crippen MR) is 73.8 cm³/mol. The van der Waals surface area contributed by atoms with E-state index in [9.17, 15) is 0 Å². The summed E-state index contributed by atoms with van der Waals surface area (Å²) in [6, 6.07) is 6.75. The highest BCUT2D eigenvalue weighted by Gasteiger charge is 2.21. The van der Waals surface area contributed by atoms with Crippen LogP contribution in [0.1, 0.15) is 25.7 Å². The maximum Gasteiger partial charge on any atom is 0.138 e. The highest BCUT2D eigenvalue weighted by atomic mass is 15.3. The van der Waals surface area contributed by atoms with E-state index in [0.717, 1.165) is 18.7 Å². The maximum atomic E-state index is 5.95. The van der Waals surface area contributed by atoms with Crippen molar-refractivity contribution < 1.29 is 0 Å². The molecule has 18 heavy (non-hydrogen) atoms. The van der Waals surface area contributed by atoms with E-state index < -0.39 is 0 Å². The van der Waals surface area contributed by atoms with Crippen LogP contribution in [0.5, 0.6) is 0 Å². The molecule has 0 radical (unpaired) electrons. The minimum absolute atomic E-state index is 0.459. The number of hydrogen-bond donors (Lipinski definition) is 1. The molecule has 1 unspecified atom stereocenters. The van der Waals surface area contributed by atoms with Gasteiger partial charge in [-0.25, -0.2) is 4.98 Å². The fourth-order valence-corrected chi connectivity index (χ4v) is 2.89. The number of hydrogen-bond acceptors (Lipinski definition) is 3. The summed E-state index contributed by atoms with van der Waals surface area (Å²) in [6.07, 6.45) is 8.94. The second-order valence-electron chi connectivity index (χ2n) is 4.97. The monoisotopic (exact) mass is 244 g/mol. The van der Waals surface area contributed by atoms with Crippen molar-refractivity contribution >= 4 is 11.5 Å². The number of imidazole rings is 1. The van der Waals surface area contributed by atoms with Gasteiger partial charge in [0.1, 0.15) is 11.5 Å². The van der Waals surface area contributed by atoms with Crippen LogP contribution in [0.3, 0.4) is 0 Å². The first-order chi connectivity index (χ1) is 8.90. The Morgan fingerprint density at radius 3 is 3.11 bits per heavy atom. The Balaban J connectivity index is 2.02. The lowest BCUT2D eigenvalue weighted by Gasteiger charge is -2.31. The average molecular weight is 244 g/mol. The van der Waals surface area contributed by atoms with Crippen LogP contribution in [0.25, 0.3) is 5.65 Å². The van der Waals surface area contributed by atoms with Crippen molar-refractivity contribution in [3.05, 3.63) is 30.6 Å². The summed E-state index contributed by atoms with van der Waals surface area (Å²) < 4.78 is 2.16. The second kappa shape index (κ2) is 4.98. The van der Waals surface area contributed by atoms with E-state index in [1.54, 1.807) is 0 Å². The van der Waals surface area contributed by atoms with Gasteiger partial charge in [-0.2, -0.15) is 0 Å². The minimum atomic E-state index is 0.459. The third kappa shape index (κ3) is 1.97. The van der Waals surface area contributed by atoms with Crippen LogP contribution in [0.2, 0.25) is 0 Å². The van der Waals surface area contributed by atoms with E-state index in [-0.39, 0.29) is 0 Å². The molecule has 1 atom stereocenters. The molecule has 3 rings (SSSR count). The molecule has 4 heteroatoms. The summed E-state index contributed by atoms with van der Waals surface area (Å²) in [7, 11) is 0. The Morgan fingerprint density at radius 2 is 2.22 bits per heavy atom. The molecule has 1 aliphatic rings. The van der Waals surface area contributed by atoms with E-state index in [2.05, 4.69) is 26.4 Å². The van der Waals surface area contributed by atoms with Gasteiger partial charge >= 0.3 is 0 Å². The van der Waals surface area contributed by atoms with Crippen LogP contribution in [0, 0.1) is 0 Å². The van der Waals surface area contributed by atoms with Crippen LogP contribution in [0.15, 0.2) is 30.6 Å². The van der Waals surface area contributed by atoms with Crippen LogP contribution < -0.4 is 10.6 Å². The fraction of sp³-hybridized carbons (Fsp3) is 0.500. The van der Waals surface area contributed by atoms with E-state index in [1.165, 1.54) is 31.5 Å². The smallest absolute Gasteiger partial charge is 0.138 e. The standard InChI is InChI=1S/C14H20N4/c15-11-12-5-2-1-3-9-17(12)14-7-4-6-13-16-8-10-18(13)14/h4,6-8,10,12H,1-3,5,9,11,15H2. The first-order valence-electron chi connectivity index (χ1n) is 6.79. The van der Waals surface area contributed by atoms with Gasteiger partial charge in [0, 0.05) is 31.5 Å². The zero-order chi connectivity index (χ0) is 12.4. The van der Waals surface area contributed by atoms with Crippen molar-refractivity contribution in [1.29, 1.82) is 0 Å². The molecule has 0 amide bonds. The molecule has 1 saturated heterocycles. The van der Waals surface area contributed by atoms with Crippen molar-refractivity contribution in [2.45, 2.75) is 31.7 Å². The van der Waals surface area contributed by atoms with Crippen LogP contribution in [-0.2, 0) is 0 Å². The Hall–Kier alpha value is -1.55. The largest absolute Gasteiger partial charge is 0.353 e. The molecule has 3 heterocycles. The number of anilines is 1. The molecular weight excluding hydrogens is 224 g/mol. The lowest BCUT2D eigenvalue weighted by Crippen LogP contribution is -2.41. The molecule has 0 saturated carbocycles. The van der Waals surface area contributed by atoms with Gasteiger partial charge in [0.25, 0.3) is 0 Å². The number of aromatic nitrogens is 2. The van der Waals surface area contributed by atoms with Gasteiger partial charge in [-0.15, -0.1) is 0 Å². The highest BCUT2D eigenvalue weighted by molar-refractivity contribution is 5.52. The minimum Gasteiger partial charge on any atom is -0.353 e. The zero-order valence-corrected chi connectivity index (χ0v) is 10.6. The fourth-order valence-electron chi connectivity index (χ4n) is 2.89. The Kier molecular flexibility index (Phi) is 3.19. The third-order valence-electron chi connectivity index (χ3n) is 3.85.